The molecule has 1 fully saturated rings. The lowest BCUT2D eigenvalue weighted by molar-refractivity contribution is -0.137. The summed E-state index contributed by atoms with van der Waals surface area (Å²) >= 11 is 10.4. The predicted molar refractivity (Wildman–Crippen MR) is 135 cm³/mol. The van der Waals surface area contributed by atoms with Gasteiger partial charge in [0.25, 0.3) is 0 Å². The molecule has 0 unspecified atom stereocenters. The van der Waals surface area contributed by atoms with Crippen molar-refractivity contribution >= 4 is 53.1 Å². The third kappa shape index (κ3) is 6.97. The van der Waals surface area contributed by atoms with Crippen molar-refractivity contribution in [1.82, 2.24) is 14.5 Å². The van der Waals surface area contributed by atoms with E-state index in [-0.39, 0.29) is 5.02 Å². The first-order valence-corrected chi connectivity index (χ1v) is 13.4. The summed E-state index contributed by atoms with van der Waals surface area (Å²) in [6.45, 7) is 4.22. The number of hydrogen-bond acceptors (Lipinski definition) is 7. The number of benzene rings is 2. The summed E-state index contributed by atoms with van der Waals surface area (Å²) in [4.78, 5) is 2.77. The fourth-order valence-corrected chi connectivity index (χ4v) is 5.97. The van der Waals surface area contributed by atoms with Gasteiger partial charge in [-0.15, -0.1) is 10.2 Å². The summed E-state index contributed by atoms with van der Waals surface area (Å²) in [7, 11) is 0. The number of halogens is 4. The number of rotatable bonds is 7. The van der Waals surface area contributed by atoms with E-state index >= 15 is 0 Å². The lowest BCUT2D eigenvalue weighted by Crippen LogP contribution is -2.22. The molecule has 0 saturated carbocycles. The van der Waals surface area contributed by atoms with E-state index in [0.717, 1.165) is 52.7 Å². The molecule has 0 radical (unpaired) electrons. The van der Waals surface area contributed by atoms with Crippen LogP contribution in [0.1, 0.15) is 30.4 Å². The molecule has 0 bridgehead atoms. The minimum absolute atomic E-state index is 0.0195. The first kappa shape index (κ1) is 25.5. The normalized spacial score (nSPS) is 14.9. The van der Waals surface area contributed by atoms with Gasteiger partial charge in [0.05, 0.1) is 10.6 Å². The Balaban J connectivity index is 1.34. The highest BCUT2D eigenvalue weighted by Gasteiger charge is 2.30. The maximum atomic E-state index is 12.8. The maximum absolute atomic E-state index is 12.8. The quantitative estimate of drug-likeness (QED) is 0.301. The fourth-order valence-electron chi connectivity index (χ4n) is 3.28. The van der Waals surface area contributed by atoms with Gasteiger partial charge in [0.2, 0.25) is 0 Å². The minimum Gasteiger partial charge on any atom is -0.309 e. The summed E-state index contributed by atoms with van der Waals surface area (Å²) < 4.78 is 43.8. The zero-order chi connectivity index (χ0) is 24.1. The van der Waals surface area contributed by atoms with Crippen LogP contribution < -0.4 is 4.72 Å². The predicted octanol–water partition coefficient (Wildman–Crippen LogP) is 8.22. The lowest BCUT2D eigenvalue weighted by atomic mass is 10.2. The first-order valence-electron chi connectivity index (χ1n) is 10.6. The molecule has 4 nitrogen and oxygen atoms in total. The van der Waals surface area contributed by atoms with Crippen molar-refractivity contribution in [3.8, 4) is 0 Å². The molecule has 3 aromatic rings. The molecule has 1 aromatic heterocycles. The van der Waals surface area contributed by atoms with Crippen molar-refractivity contribution in [2.75, 3.05) is 17.8 Å². The molecule has 1 aliphatic rings. The van der Waals surface area contributed by atoms with Crippen LogP contribution in [0.15, 0.2) is 68.2 Å². The van der Waals surface area contributed by atoms with Crippen molar-refractivity contribution in [2.24, 2.45) is 0 Å². The largest absolute Gasteiger partial charge is 0.416 e. The molecular formula is C23H22ClF3N4S3. The van der Waals surface area contributed by atoms with E-state index in [9.17, 15) is 13.2 Å². The third-order valence-electron chi connectivity index (χ3n) is 5.05. The smallest absolute Gasteiger partial charge is 0.309 e. The summed E-state index contributed by atoms with van der Waals surface area (Å²) in [6, 6.07) is 13.5. The van der Waals surface area contributed by atoms with E-state index < -0.39 is 11.7 Å². The highest BCUT2D eigenvalue weighted by atomic mass is 35.5. The minimum atomic E-state index is -4.43. The Morgan fingerprint density at radius 1 is 0.941 bits per heavy atom. The standard InChI is InChI=1S/C23H22ClF3N4S3/c1-15-13-21(30-33-20-10-5-16(14-19(20)24)23(25,26)27)28-29-22(15)32-17-6-8-18(9-7-17)34-31-11-3-2-4-12-31/h5-10,13-14H,2-4,11-12H2,1H3,(H,28,30). The molecular weight excluding hydrogens is 521 g/mol. The number of hydrogen-bond donors (Lipinski definition) is 1. The highest BCUT2D eigenvalue weighted by Crippen LogP contribution is 2.36. The van der Waals surface area contributed by atoms with E-state index in [1.807, 2.05) is 24.9 Å². The summed E-state index contributed by atoms with van der Waals surface area (Å²) in [5, 5.41) is 9.32. The van der Waals surface area contributed by atoms with Crippen LogP contribution in [0.25, 0.3) is 0 Å². The Morgan fingerprint density at radius 2 is 1.65 bits per heavy atom. The first-order chi connectivity index (χ1) is 16.3. The molecule has 180 valence electrons. The number of anilines is 1. The molecule has 1 saturated heterocycles. The average Bonchev–Trinajstić information content (AvgIpc) is 2.81. The molecule has 34 heavy (non-hydrogen) atoms. The van der Waals surface area contributed by atoms with Crippen LogP contribution in [-0.2, 0) is 6.18 Å². The molecule has 11 heteroatoms. The molecule has 1 aliphatic heterocycles. The van der Waals surface area contributed by atoms with Gasteiger partial charge in [-0.2, -0.15) is 13.2 Å². The summed E-state index contributed by atoms with van der Waals surface area (Å²) in [6.07, 6.45) is -0.578. The van der Waals surface area contributed by atoms with E-state index in [0.29, 0.717) is 10.7 Å². The maximum Gasteiger partial charge on any atom is 0.416 e. The SMILES string of the molecule is Cc1cc(NSc2ccc(C(F)(F)F)cc2Cl)nnc1Sc1ccc(SN2CCCCC2)cc1. The second kappa shape index (κ2) is 11.4. The Hall–Kier alpha value is -1.59. The molecule has 0 aliphatic carbocycles. The Morgan fingerprint density at radius 3 is 2.29 bits per heavy atom. The third-order valence-corrected chi connectivity index (χ3v) is 8.57. The molecule has 2 aromatic carbocycles. The lowest BCUT2D eigenvalue weighted by Gasteiger charge is -2.25. The number of aromatic nitrogens is 2. The van der Waals surface area contributed by atoms with Crippen LogP contribution >= 0.6 is 47.3 Å². The Labute approximate surface area is 214 Å². The van der Waals surface area contributed by atoms with Crippen molar-refractivity contribution in [1.29, 1.82) is 0 Å². The van der Waals surface area contributed by atoms with Gasteiger partial charge in [-0.3, -0.25) is 0 Å². The zero-order valence-electron chi connectivity index (χ0n) is 18.2. The van der Waals surface area contributed by atoms with Crippen molar-refractivity contribution in [2.45, 2.75) is 52.1 Å². The number of aryl methyl sites for hydroxylation is 1. The highest BCUT2D eigenvalue weighted by molar-refractivity contribution is 8.00. The van der Waals surface area contributed by atoms with Crippen LogP contribution in [0.2, 0.25) is 5.02 Å². The second-order valence-electron chi connectivity index (χ2n) is 7.72. The average molecular weight is 543 g/mol. The van der Waals surface area contributed by atoms with Crippen LogP contribution in [0, 0.1) is 6.92 Å². The Bertz CT molecular complexity index is 1120. The van der Waals surface area contributed by atoms with E-state index in [4.69, 9.17) is 11.6 Å². The van der Waals surface area contributed by atoms with E-state index in [1.54, 1.807) is 0 Å². The van der Waals surface area contributed by atoms with Gasteiger partial charge in [0.1, 0.15) is 5.03 Å². The summed E-state index contributed by atoms with van der Waals surface area (Å²) in [5.74, 6) is 0.496. The van der Waals surface area contributed by atoms with Gasteiger partial charge < -0.3 is 4.72 Å². The topological polar surface area (TPSA) is 41.1 Å². The van der Waals surface area contributed by atoms with E-state index in [1.165, 1.54) is 42.0 Å². The van der Waals surface area contributed by atoms with Crippen LogP contribution in [0.5, 0.6) is 0 Å². The summed E-state index contributed by atoms with van der Waals surface area (Å²) in [5.41, 5.74) is 0.158. The van der Waals surface area contributed by atoms with Crippen LogP contribution in [0.4, 0.5) is 19.0 Å². The second-order valence-corrected chi connectivity index (χ2v) is 11.2. The zero-order valence-corrected chi connectivity index (χ0v) is 21.4. The molecule has 4 rings (SSSR count). The van der Waals surface area contributed by atoms with Gasteiger partial charge in [-0.1, -0.05) is 29.8 Å². The van der Waals surface area contributed by atoms with Crippen molar-refractivity contribution in [3.05, 3.63) is 64.7 Å². The Kier molecular flexibility index (Phi) is 8.57. The fraction of sp³-hybridized carbons (Fsp3) is 0.304. The number of nitrogens with zero attached hydrogens (tertiary/aromatic N) is 3. The van der Waals surface area contributed by atoms with Crippen molar-refractivity contribution in [3.63, 3.8) is 0 Å². The molecule has 0 spiro atoms. The van der Waals surface area contributed by atoms with Gasteiger partial charge in [0.15, 0.2) is 5.82 Å². The van der Waals surface area contributed by atoms with Gasteiger partial charge in [-0.05, 0) is 97.8 Å². The van der Waals surface area contributed by atoms with Crippen LogP contribution in [0.3, 0.4) is 0 Å². The number of alkyl halides is 3. The number of piperidine rings is 1. The number of nitrogens with one attached hydrogen (secondary N) is 1. The van der Waals surface area contributed by atoms with Crippen LogP contribution in [-0.4, -0.2) is 27.6 Å². The van der Waals surface area contributed by atoms with Gasteiger partial charge in [-0.25, -0.2) is 4.31 Å². The monoisotopic (exact) mass is 542 g/mol. The molecule has 0 amide bonds. The van der Waals surface area contributed by atoms with Gasteiger partial charge >= 0.3 is 6.18 Å². The molecule has 1 N–H and O–H groups in total. The molecule has 2 heterocycles. The van der Waals surface area contributed by atoms with Gasteiger partial charge in [0, 0.05) is 27.8 Å². The van der Waals surface area contributed by atoms with E-state index in [2.05, 4.69) is 43.5 Å². The van der Waals surface area contributed by atoms with Crippen molar-refractivity contribution < 1.29 is 13.2 Å². The molecule has 0 atom stereocenters.